The minimum Gasteiger partial charge on any atom is -0.545 e. The molecule has 1 atom stereocenters. The first-order chi connectivity index (χ1) is 12.8. The number of furan rings is 1. The van der Waals surface area contributed by atoms with E-state index in [1.807, 2.05) is 13.8 Å². The number of amides is 2. The van der Waals surface area contributed by atoms with E-state index in [1.54, 1.807) is 12.1 Å². The van der Waals surface area contributed by atoms with Crippen LogP contribution in [0.15, 0.2) is 39.7 Å². The lowest BCUT2D eigenvalue weighted by Crippen LogP contribution is -2.36. The summed E-state index contributed by atoms with van der Waals surface area (Å²) in [5.41, 5.74) is 0.368. The Labute approximate surface area is 164 Å². The molecule has 1 saturated heterocycles. The summed E-state index contributed by atoms with van der Waals surface area (Å²) in [6.45, 7) is 3.72. The Kier molecular flexibility index (Phi) is 5.43. The highest BCUT2D eigenvalue weighted by Gasteiger charge is 2.37. The minimum absolute atomic E-state index is 0.0259. The highest BCUT2D eigenvalue weighted by atomic mass is 35.5. The Morgan fingerprint density at radius 3 is 2.74 bits per heavy atom. The zero-order valence-corrected chi connectivity index (χ0v) is 16.1. The second-order valence-corrected chi connectivity index (χ2v) is 7.39. The minimum atomic E-state index is -1.32. The van der Waals surface area contributed by atoms with Crippen molar-refractivity contribution in [3.05, 3.63) is 51.6 Å². The van der Waals surface area contributed by atoms with Crippen LogP contribution in [0.25, 0.3) is 17.4 Å². The molecule has 6 nitrogen and oxygen atoms in total. The maximum Gasteiger partial charge on any atom is 0.293 e. The fraction of sp³-hybridized carbons (Fsp3) is 0.211. The third kappa shape index (κ3) is 3.79. The first kappa shape index (κ1) is 19.3. The van der Waals surface area contributed by atoms with Gasteiger partial charge < -0.3 is 14.3 Å². The number of benzene rings is 1. The van der Waals surface area contributed by atoms with Gasteiger partial charge in [-0.05, 0) is 54.9 Å². The number of hydrogen-bond donors (Lipinski definition) is 0. The lowest BCUT2D eigenvalue weighted by molar-refractivity contribution is -0.255. The molecule has 1 aromatic carbocycles. The second kappa shape index (κ2) is 7.62. The first-order valence-electron chi connectivity index (χ1n) is 8.20. The third-order valence-corrected chi connectivity index (χ3v) is 5.44. The average molecular weight is 405 g/mol. The predicted molar refractivity (Wildman–Crippen MR) is 101 cm³/mol. The number of aromatic carboxylic acids is 1. The standard InChI is InChI=1S/C19H16ClNO5S/c1-3-10(2)21-17(22)16(27-19(21)25)9-12-5-7-15(26-12)13-8-11(18(23)24)4-6-14(13)20/h4-10H,3H2,1-2H3,(H,23,24)/p-1/t10-/m1/s1. The molecule has 2 amide bonds. The van der Waals surface area contributed by atoms with E-state index in [4.69, 9.17) is 16.0 Å². The van der Waals surface area contributed by atoms with Crippen LogP contribution >= 0.6 is 23.4 Å². The summed E-state index contributed by atoms with van der Waals surface area (Å²) < 4.78 is 5.68. The van der Waals surface area contributed by atoms with E-state index in [0.717, 1.165) is 11.8 Å². The van der Waals surface area contributed by atoms with E-state index in [1.165, 1.54) is 29.2 Å². The molecule has 0 spiro atoms. The molecule has 3 rings (SSSR count). The summed E-state index contributed by atoms with van der Waals surface area (Å²) in [5, 5.41) is 11.0. The van der Waals surface area contributed by atoms with Gasteiger partial charge >= 0.3 is 0 Å². The Balaban J connectivity index is 1.90. The highest BCUT2D eigenvalue weighted by Crippen LogP contribution is 2.36. The molecular weight excluding hydrogens is 390 g/mol. The van der Waals surface area contributed by atoms with E-state index in [2.05, 4.69) is 0 Å². The summed E-state index contributed by atoms with van der Waals surface area (Å²) >= 11 is 6.99. The molecule has 1 fully saturated rings. The van der Waals surface area contributed by atoms with Crippen LogP contribution in [0.1, 0.15) is 36.4 Å². The SMILES string of the molecule is CC[C@@H](C)N1C(=O)SC(=Cc2ccc(-c3cc(C(=O)[O-])ccc3Cl)o2)C1=O. The van der Waals surface area contributed by atoms with Crippen LogP contribution in [0.5, 0.6) is 0 Å². The molecule has 0 N–H and O–H groups in total. The quantitative estimate of drug-likeness (QED) is 0.704. The molecule has 1 aromatic heterocycles. The van der Waals surface area contributed by atoms with E-state index in [9.17, 15) is 19.5 Å². The number of thioether (sulfide) groups is 1. The van der Waals surface area contributed by atoms with Crippen molar-refractivity contribution in [3.8, 4) is 11.3 Å². The summed E-state index contributed by atoms with van der Waals surface area (Å²) in [5.74, 6) is -0.974. The number of halogens is 1. The largest absolute Gasteiger partial charge is 0.545 e. The lowest BCUT2D eigenvalue weighted by atomic mass is 10.1. The molecule has 0 bridgehead atoms. The number of carboxylic acids is 1. The predicted octanol–water partition coefficient (Wildman–Crippen LogP) is 3.80. The molecule has 0 saturated carbocycles. The first-order valence-corrected chi connectivity index (χ1v) is 9.39. The van der Waals surface area contributed by atoms with Crippen molar-refractivity contribution in [2.24, 2.45) is 0 Å². The normalized spacial score (nSPS) is 17.0. The summed E-state index contributed by atoms with van der Waals surface area (Å²) in [6, 6.07) is 7.20. The van der Waals surface area contributed by atoms with Gasteiger partial charge in [0.15, 0.2) is 0 Å². The van der Waals surface area contributed by atoms with Gasteiger partial charge in [-0.25, -0.2) is 0 Å². The zero-order chi connectivity index (χ0) is 19.7. The van der Waals surface area contributed by atoms with Crippen molar-refractivity contribution in [2.45, 2.75) is 26.3 Å². The average Bonchev–Trinajstić information content (AvgIpc) is 3.19. The molecule has 140 valence electrons. The zero-order valence-electron chi connectivity index (χ0n) is 14.5. The van der Waals surface area contributed by atoms with Gasteiger partial charge in [0.05, 0.1) is 15.9 Å². The van der Waals surface area contributed by atoms with Crippen LogP contribution in [0.4, 0.5) is 4.79 Å². The van der Waals surface area contributed by atoms with Crippen LogP contribution in [-0.4, -0.2) is 28.1 Å². The molecule has 0 aliphatic carbocycles. The van der Waals surface area contributed by atoms with Crippen LogP contribution in [-0.2, 0) is 4.79 Å². The molecule has 27 heavy (non-hydrogen) atoms. The van der Waals surface area contributed by atoms with Crippen molar-refractivity contribution < 1.29 is 23.9 Å². The van der Waals surface area contributed by atoms with Crippen LogP contribution in [0, 0.1) is 0 Å². The van der Waals surface area contributed by atoms with Gasteiger partial charge in [-0.3, -0.25) is 14.5 Å². The number of imide groups is 1. The lowest BCUT2D eigenvalue weighted by Gasteiger charge is -2.19. The van der Waals surface area contributed by atoms with Crippen LogP contribution < -0.4 is 5.11 Å². The summed E-state index contributed by atoms with van der Waals surface area (Å²) in [7, 11) is 0. The fourth-order valence-corrected chi connectivity index (χ4v) is 3.71. The van der Waals surface area contributed by atoms with Gasteiger partial charge in [0.25, 0.3) is 11.1 Å². The van der Waals surface area contributed by atoms with E-state index >= 15 is 0 Å². The number of carboxylic acid groups (broad SMARTS) is 1. The second-order valence-electron chi connectivity index (χ2n) is 5.99. The van der Waals surface area contributed by atoms with Gasteiger partial charge in [-0.15, -0.1) is 0 Å². The van der Waals surface area contributed by atoms with Gasteiger partial charge in [0.1, 0.15) is 11.5 Å². The molecule has 8 heteroatoms. The Bertz CT molecular complexity index is 965. The van der Waals surface area contributed by atoms with Gasteiger partial charge in [0.2, 0.25) is 0 Å². The molecule has 2 heterocycles. The molecule has 0 unspecified atom stereocenters. The monoisotopic (exact) mass is 404 g/mol. The van der Waals surface area contributed by atoms with Crippen molar-refractivity contribution in [3.63, 3.8) is 0 Å². The number of nitrogens with zero attached hydrogens (tertiary/aromatic N) is 1. The number of carbonyl (C=O) groups is 3. The molecule has 1 aliphatic rings. The Hall–Kier alpha value is -2.51. The molecule has 2 aromatic rings. The molecular formula is C19H15ClNO5S-. The van der Waals surface area contributed by atoms with Crippen molar-refractivity contribution in [2.75, 3.05) is 0 Å². The van der Waals surface area contributed by atoms with Crippen molar-refractivity contribution in [1.82, 2.24) is 4.90 Å². The Morgan fingerprint density at radius 1 is 1.33 bits per heavy atom. The number of hydrogen-bond acceptors (Lipinski definition) is 6. The number of rotatable bonds is 5. The molecule has 1 aliphatic heterocycles. The van der Waals surface area contributed by atoms with E-state index < -0.39 is 5.97 Å². The fourth-order valence-electron chi connectivity index (χ4n) is 2.59. The van der Waals surface area contributed by atoms with Gasteiger partial charge in [-0.2, -0.15) is 0 Å². The van der Waals surface area contributed by atoms with Crippen LogP contribution in [0.2, 0.25) is 5.02 Å². The number of carbonyl (C=O) groups excluding carboxylic acids is 3. The Morgan fingerprint density at radius 2 is 2.07 bits per heavy atom. The summed E-state index contributed by atoms with van der Waals surface area (Å²) in [4.78, 5) is 37.1. The van der Waals surface area contributed by atoms with Gasteiger partial charge in [0, 0.05) is 17.7 Å². The van der Waals surface area contributed by atoms with Crippen molar-refractivity contribution >= 4 is 46.6 Å². The highest BCUT2D eigenvalue weighted by molar-refractivity contribution is 8.18. The van der Waals surface area contributed by atoms with Crippen molar-refractivity contribution in [1.29, 1.82) is 0 Å². The maximum atomic E-state index is 12.5. The third-order valence-electron chi connectivity index (χ3n) is 4.22. The topological polar surface area (TPSA) is 90.7 Å². The van der Waals surface area contributed by atoms with Crippen LogP contribution in [0.3, 0.4) is 0 Å². The summed E-state index contributed by atoms with van der Waals surface area (Å²) in [6.07, 6.45) is 2.16. The molecule has 0 radical (unpaired) electrons. The maximum absolute atomic E-state index is 12.5. The van der Waals surface area contributed by atoms with E-state index in [0.29, 0.717) is 28.5 Å². The van der Waals surface area contributed by atoms with E-state index in [-0.39, 0.29) is 27.7 Å². The van der Waals surface area contributed by atoms with Gasteiger partial charge in [-0.1, -0.05) is 24.6 Å². The smallest absolute Gasteiger partial charge is 0.293 e.